The summed E-state index contributed by atoms with van der Waals surface area (Å²) >= 11 is 3.35. The zero-order valence-corrected chi connectivity index (χ0v) is 10.4. The first-order valence-electron chi connectivity index (χ1n) is 5.24. The van der Waals surface area contributed by atoms with E-state index in [1.807, 2.05) is 31.2 Å². The van der Waals surface area contributed by atoms with Crippen molar-refractivity contribution in [3.8, 4) is 0 Å². The van der Waals surface area contributed by atoms with Crippen LogP contribution in [0, 0.1) is 0 Å². The molecule has 1 rings (SSSR count). The largest absolute Gasteiger partial charge is 0.390 e. The Morgan fingerprint density at radius 3 is 2.27 bits per heavy atom. The summed E-state index contributed by atoms with van der Waals surface area (Å²) in [5.74, 6) is 0. The van der Waals surface area contributed by atoms with Crippen LogP contribution >= 0.6 is 15.9 Å². The maximum absolute atomic E-state index is 9.71. The fourth-order valence-corrected chi connectivity index (χ4v) is 1.75. The third kappa shape index (κ3) is 4.33. The van der Waals surface area contributed by atoms with Crippen molar-refractivity contribution in [2.45, 2.75) is 38.4 Å². The summed E-state index contributed by atoms with van der Waals surface area (Å²) in [5, 5.41) is 19.3. The molecule has 0 aliphatic rings. The fourth-order valence-electron chi connectivity index (χ4n) is 1.49. The van der Waals surface area contributed by atoms with Crippen LogP contribution in [0.5, 0.6) is 0 Å². The zero-order valence-electron chi connectivity index (χ0n) is 8.86. The third-order valence-electron chi connectivity index (χ3n) is 2.39. The molecule has 0 aliphatic heterocycles. The lowest BCUT2D eigenvalue weighted by atomic mass is 10.0. The van der Waals surface area contributed by atoms with E-state index in [4.69, 9.17) is 0 Å². The van der Waals surface area contributed by atoms with Crippen LogP contribution in [0.15, 0.2) is 28.7 Å². The number of hydrogen-bond acceptors (Lipinski definition) is 2. The van der Waals surface area contributed by atoms with Crippen LogP contribution < -0.4 is 0 Å². The molecule has 84 valence electrons. The van der Waals surface area contributed by atoms with Crippen LogP contribution in [0.4, 0.5) is 0 Å². The molecule has 0 saturated heterocycles. The highest BCUT2D eigenvalue weighted by molar-refractivity contribution is 9.10. The summed E-state index contributed by atoms with van der Waals surface area (Å²) in [5.41, 5.74) is 1.04. The molecule has 2 atom stereocenters. The number of halogens is 1. The van der Waals surface area contributed by atoms with Crippen LogP contribution in [-0.2, 0) is 6.42 Å². The Labute approximate surface area is 99.1 Å². The Morgan fingerprint density at radius 1 is 1.13 bits per heavy atom. The van der Waals surface area contributed by atoms with Gasteiger partial charge in [0.1, 0.15) is 0 Å². The Kier molecular flexibility index (Phi) is 5.29. The van der Waals surface area contributed by atoms with Crippen molar-refractivity contribution >= 4 is 15.9 Å². The Hall–Kier alpha value is -0.380. The van der Waals surface area contributed by atoms with Crippen molar-refractivity contribution in [2.75, 3.05) is 0 Å². The van der Waals surface area contributed by atoms with Crippen molar-refractivity contribution in [3.63, 3.8) is 0 Å². The van der Waals surface area contributed by atoms with E-state index >= 15 is 0 Å². The molecule has 0 spiro atoms. The summed E-state index contributed by atoms with van der Waals surface area (Å²) in [6, 6.07) is 7.78. The SMILES string of the molecule is CCCC(O)C(O)Cc1ccc(Br)cc1. The Bertz CT molecular complexity index is 284. The summed E-state index contributed by atoms with van der Waals surface area (Å²) < 4.78 is 1.02. The van der Waals surface area contributed by atoms with Gasteiger partial charge in [0.25, 0.3) is 0 Å². The highest BCUT2D eigenvalue weighted by Crippen LogP contribution is 2.14. The summed E-state index contributed by atoms with van der Waals surface area (Å²) in [6.45, 7) is 2.00. The molecule has 1 aromatic carbocycles. The topological polar surface area (TPSA) is 40.5 Å². The Balaban J connectivity index is 2.50. The summed E-state index contributed by atoms with van der Waals surface area (Å²) in [4.78, 5) is 0. The van der Waals surface area contributed by atoms with Crippen molar-refractivity contribution in [1.82, 2.24) is 0 Å². The molecule has 2 unspecified atom stereocenters. The first-order chi connectivity index (χ1) is 7.13. The number of aliphatic hydroxyl groups is 2. The molecule has 3 heteroatoms. The van der Waals surface area contributed by atoms with Gasteiger partial charge < -0.3 is 10.2 Å². The molecule has 2 nitrogen and oxygen atoms in total. The maximum Gasteiger partial charge on any atom is 0.0839 e. The molecule has 15 heavy (non-hydrogen) atoms. The van der Waals surface area contributed by atoms with E-state index in [0.717, 1.165) is 16.5 Å². The molecule has 0 radical (unpaired) electrons. The van der Waals surface area contributed by atoms with Gasteiger partial charge in [0.05, 0.1) is 12.2 Å². The smallest absolute Gasteiger partial charge is 0.0839 e. The van der Waals surface area contributed by atoms with E-state index in [0.29, 0.717) is 12.8 Å². The minimum absolute atomic E-state index is 0.508. The average molecular weight is 273 g/mol. The van der Waals surface area contributed by atoms with Crippen LogP contribution in [0.3, 0.4) is 0 Å². The molecule has 1 aromatic rings. The molecule has 0 saturated carbocycles. The van der Waals surface area contributed by atoms with E-state index in [9.17, 15) is 10.2 Å². The Morgan fingerprint density at radius 2 is 1.73 bits per heavy atom. The first-order valence-corrected chi connectivity index (χ1v) is 6.03. The minimum Gasteiger partial charge on any atom is -0.390 e. The molecular weight excluding hydrogens is 256 g/mol. The van der Waals surface area contributed by atoms with Gasteiger partial charge in [-0.15, -0.1) is 0 Å². The van der Waals surface area contributed by atoms with Gasteiger partial charge in [0.2, 0.25) is 0 Å². The molecule has 0 aromatic heterocycles. The van der Waals surface area contributed by atoms with Crippen molar-refractivity contribution in [2.24, 2.45) is 0 Å². The van der Waals surface area contributed by atoms with Crippen molar-refractivity contribution < 1.29 is 10.2 Å². The summed E-state index contributed by atoms with van der Waals surface area (Å²) in [7, 11) is 0. The highest BCUT2D eigenvalue weighted by atomic mass is 79.9. The molecule has 0 heterocycles. The quantitative estimate of drug-likeness (QED) is 0.865. The molecule has 0 amide bonds. The number of hydrogen-bond donors (Lipinski definition) is 2. The van der Waals surface area contributed by atoms with Gasteiger partial charge in [-0.25, -0.2) is 0 Å². The second-order valence-electron chi connectivity index (χ2n) is 3.75. The van der Waals surface area contributed by atoms with Gasteiger partial charge in [-0.3, -0.25) is 0 Å². The van der Waals surface area contributed by atoms with Crippen molar-refractivity contribution in [1.29, 1.82) is 0 Å². The van der Waals surface area contributed by atoms with Gasteiger partial charge in [0.15, 0.2) is 0 Å². The first kappa shape index (κ1) is 12.7. The highest BCUT2D eigenvalue weighted by Gasteiger charge is 2.15. The van der Waals surface area contributed by atoms with Gasteiger partial charge in [-0.2, -0.15) is 0 Å². The van der Waals surface area contributed by atoms with E-state index in [1.54, 1.807) is 0 Å². The van der Waals surface area contributed by atoms with E-state index in [1.165, 1.54) is 0 Å². The monoisotopic (exact) mass is 272 g/mol. The van der Waals surface area contributed by atoms with Crippen LogP contribution in [0.25, 0.3) is 0 Å². The second kappa shape index (κ2) is 6.26. The van der Waals surface area contributed by atoms with Crippen LogP contribution in [0.1, 0.15) is 25.3 Å². The molecule has 0 bridgehead atoms. The summed E-state index contributed by atoms with van der Waals surface area (Å²) in [6.07, 6.45) is 0.773. The fraction of sp³-hybridized carbons (Fsp3) is 0.500. The molecular formula is C12H17BrO2. The minimum atomic E-state index is -0.661. The maximum atomic E-state index is 9.71. The van der Waals surface area contributed by atoms with Crippen LogP contribution in [0.2, 0.25) is 0 Å². The lowest BCUT2D eigenvalue weighted by molar-refractivity contribution is 0.0148. The van der Waals surface area contributed by atoms with Crippen LogP contribution in [-0.4, -0.2) is 22.4 Å². The van der Waals surface area contributed by atoms with E-state index in [2.05, 4.69) is 15.9 Å². The second-order valence-corrected chi connectivity index (χ2v) is 4.67. The molecule has 2 N–H and O–H groups in total. The van der Waals surface area contributed by atoms with Gasteiger partial charge >= 0.3 is 0 Å². The normalized spacial score (nSPS) is 14.9. The predicted octanol–water partition coefficient (Wildman–Crippen LogP) is 2.51. The number of rotatable bonds is 5. The number of aliphatic hydroxyl groups excluding tert-OH is 2. The predicted molar refractivity (Wildman–Crippen MR) is 64.8 cm³/mol. The van der Waals surface area contributed by atoms with Gasteiger partial charge in [0, 0.05) is 10.9 Å². The molecule has 0 fully saturated rings. The van der Waals surface area contributed by atoms with Gasteiger partial charge in [-0.05, 0) is 24.1 Å². The van der Waals surface area contributed by atoms with Crippen molar-refractivity contribution in [3.05, 3.63) is 34.3 Å². The standard InChI is InChI=1S/C12H17BrO2/c1-2-3-11(14)12(15)8-9-4-6-10(13)7-5-9/h4-7,11-12,14-15H,2-3,8H2,1H3. The van der Waals surface area contributed by atoms with E-state index < -0.39 is 12.2 Å². The number of benzene rings is 1. The lowest BCUT2D eigenvalue weighted by Crippen LogP contribution is -2.27. The van der Waals surface area contributed by atoms with E-state index in [-0.39, 0.29) is 0 Å². The third-order valence-corrected chi connectivity index (χ3v) is 2.92. The average Bonchev–Trinajstić information content (AvgIpc) is 2.22. The zero-order chi connectivity index (χ0) is 11.3. The molecule has 0 aliphatic carbocycles. The lowest BCUT2D eigenvalue weighted by Gasteiger charge is -2.17. The van der Waals surface area contributed by atoms with Gasteiger partial charge in [-0.1, -0.05) is 41.4 Å².